The highest BCUT2D eigenvalue weighted by Crippen LogP contribution is 2.28. The number of nitrogens with zero attached hydrogens (tertiary/aromatic N) is 1. The second kappa shape index (κ2) is 8.10. The highest BCUT2D eigenvalue weighted by molar-refractivity contribution is 7.90. The van der Waals surface area contributed by atoms with Crippen LogP contribution in [0.3, 0.4) is 0 Å². The van der Waals surface area contributed by atoms with E-state index in [0.29, 0.717) is 29.5 Å². The summed E-state index contributed by atoms with van der Waals surface area (Å²) in [6.07, 6.45) is 0.611. The summed E-state index contributed by atoms with van der Waals surface area (Å²) in [6.45, 7) is 2.23. The van der Waals surface area contributed by atoms with E-state index in [-0.39, 0.29) is 23.1 Å². The number of amides is 1. The Kier molecular flexibility index (Phi) is 5.82. The van der Waals surface area contributed by atoms with Crippen LogP contribution in [0.4, 0.5) is 5.69 Å². The lowest BCUT2D eigenvalue weighted by atomic mass is 10.0. The average Bonchev–Trinajstić information content (AvgIpc) is 2.60. The zero-order valence-electron chi connectivity index (χ0n) is 14.8. The molecule has 27 heavy (non-hydrogen) atoms. The quantitative estimate of drug-likeness (QED) is 0.768. The lowest BCUT2D eigenvalue weighted by molar-refractivity contribution is -0.122. The van der Waals surface area contributed by atoms with Crippen molar-refractivity contribution < 1.29 is 13.2 Å². The fraction of sp³-hybridized carbons (Fsp3) is 0.263. The minimum absolute atomic E-state index is 0.0806. The number of sulfonamides is 1. The fourth-order valence-corrected chi connectivity index (χ4v) is 4.24. The van der Waals surface area contributed by atoms with E-state index in [1.807, 2.05) is 25.1 Å². The van der Waals surface area contributed by atoms with Crippen LogP contribution in [0.25, 0.3) is 0 Å². The third-order valence-electron chi connectivity index (χ3n) is 4.18. The van der Waals surface area contributed by atoms with E-state index in [1.54, 1.807) is 24.3 Å². The summed E-state index contributed by atoms with van der Waals surface area (Å²) in [4.78, 5) is 12.3. The molecule has 0 unspecified atom stereocenters. The molecule has 0 radical (unpaired) electrons. The number of hydrogen-bond acceptors (Lipinski definition) is 4. The Hall–Kier alpha value is -2.38. The Morgan fingerprint density at radius 1 is 1.19 bits per heavy atom. The number of carbonyl (C=O) groups excluding carboxylic acids is 1. The molecule has 0 aliphatic carbocycles. The Balaban J connectivity index is 1.56. The molecule has 1 amide bonds. The van der Waals surface area contributed by atoms with Gasteiger partial charge in [-0.15, -0.1) is 4.40 Å². The molecule has 1 aliphatic rings. The molecule has 2 aromatic rings. The SMILES string of the molecule is C[C@H](CC(=O)NCc1ccccc1Cl)CC1=NS(=O)(=O)c2ccccc2N1. The van der Waals surface area contributed by atoms with Gasteiger partial charge in [-0.25, -0.2) is 0 Å². The van der Waals surface area contributed by atoms with E-state index < -0.39 is 10.0 Å². The van der Waals surface area contributed by atoms with Gasteiger partial charge in [0, 0.05) is 24.4 Å². The Bertz CT molecular complexity index is 989. The van der Waals surface area contributed by atoms with Crippen molar-refractivity contribution in [2.24, 2.45) is 10.3 Å². The molecule has 3 rings (SSSR count). The highest BCUT2D eigenvalue weighted by atomic mass is 35.5. The Labute approximate surface area is 163 Å². The average molecular weight is 406 g/mol. The summed E-state index contributed by atoms with van der Waals surface area (Å²) in [5, 5.41) is 6.49. The molecule has 1 aliphatic heterocycles. The molecule has 8 heteroatoms. The number of carbonyl (C=O) groups is 1. The smallest absolute Gasteiger partial charge is 0.286 e. The molecule has 1 heterocycles. The second-order valence-electron chi connectivity index (χ2n) is 6.52. The van der Waals surface area contributed by atoms with Crippen molar-refractivity contribution in [1.82, 2.24) is 5.32 Å². The summed E-state index contributed by atoms with van der Waals surface area (Å²) in [7, 11) is -3.71. The molecule has 2 N–H and O–H groups in total. The van der Waals surface area contributed by atoms with E-state index in [0.717, 1.165) is 5.56 Å². The molecule has 142 valence electrons. The largest absolute Gasteiger partial charge is 0.352 e. The van der Waals surface area contributed by atoms with Crippen molar-refractivity contribution in [3.05, 3.63) is 59.1 Å². The molecule has 0 saturated carbocycles. The Morgan fingerprint density at radius 2 is 1.89 bits per heavy atom. The first-order valence-corrected chi connectivity index (χ1v) is 10.4. The van der Waals surface area contributed by atoms with Crippen molar-refractivity contribution in [3.63, 3.8) is 0 Å². The number of para-hydroxylation sites is 1. The lowest BCUT2D eigenvalue weighted by Crippen LogP contribution is -2.27. The number of amidine groups is 1. The van der Waals surface area contributed by atoms with Crippen molar-refractivity contribution in [1.29, 1.82) is 0 Å². The second-order valence-corrected chi connectivity index (χ2v) is 8.50. The van der Waals surface area contributed by atoms with Crippen molar-refractivity contribution >= 4 is 39.1 Å². The van der Waals surface area contributed by atoms with E-state index in [9.17, 15) is 13.2 Å². The molecule has 0 spiro atoms. The van der Waals surface area contributed by atoms with Crippen molar-refractivity contribution in [2.45, 2.75) is 31.2 Å². The maximum absolute atomic E-state index is 12.3. The third-order valence-corrected chi connectivity index (χ3v) is 5.93. The lowest BCUT2D eigenvalue weighted by Gasteiger charge is -2.20. The van der Waals surface area contributed by atoms with Crippen LogP contribution in [-0.4, -0.2) is 20.2 Å². The van der Waals surface area contributed by atoms with Crippen LogP contribution in [0.5, 0.6) is 0 Å². The van der Waals surface area contributed by atoms with Crippen LogP contribution < -0.4 is 10.6 Å². The van der Waals surface area contributed by atoms with Gasteiger partial charge in [0.25, 0.3) is 10.0 Å². The zero-order chi connectivity index (χ0) is 19.4. The van der Waals surface area contributed by atoms with E-state index in [2.05, 4.69) is 15.0 Å². The van der Waals surface area contributed by atoms with E-state index in [1.165, 1.54) is 6.07 Å². The fourth-order valence-electron chi connectivity index (χ4n) is 2.88. The predicted molar refractivity (Wildman–Crippen MR) is 106 cm³/mol. The number of fused-ring (bicyclic) bond motifs is 1. The van der Waals surface area contributed by atoms with Crippen molar-refractivity contribution in [3.8, 4) is 0 Å². The number of benzene rings is 2. The minimum atomic E-state index is -3.71. The third kappa shape index (κ3) is 4.87. The monoisotopic (exact) mass is 405 g/mol. The maximum Gasteiger partial charge on any atom is 0.286 e. The van der Waals surface area contributed by atoms with Crippen LogP contribution in [-0.2, 0) is 21.4 Å². The summed E-state index contributed by atoms with van der Waals surface area (Å²) in [5.41, 5.74) is 1.36. The van der Waals surface area contributed by atoms with Gasteiger partial charge in [0.15, 0.2) is 0 Å². The number of nitrogens with one attached hydrogen (secondary N) is 2. The zero-order valence-corrected chi connectivity index (χ0v) is 16.3. The van der Waals surface area contributed by atoms with Gasteiger partial charge in [-0.1, -0.05) is 48.9 Å². The van der Waals surface area contributed by atoms with Crippen LogP contribution in [0.1, 0.15) is 25.3 Å². The Morgan fingerprint density at radius 3 is 2.67 bits per heavy atom. The molecule has 0 fully saturated rings. The molecular formula is C19H20ClN3O3S. The van der Waals surface area contributed by atoms with Gasteiger partial charge in [-0.3, -0.25) is 4.79 Å². The van der Waals surface area contributed by atoms with Crippen LogP contribution >= 0.6 is 11.6 Å². The predicted octanol–water partition coefficient (Wildman–Crippen LogP) is 3.59. The van der Waals surface area contributed by atoms with E-state index >= 15 is 0 Å². The number of halogens is 1. The van der Waals surface area contributed by atoms with Gasteiger partial charge in [0.05, 0.1) is 5.69 Å². The standard InChI is InChI=1S/C19H20ClN3O3S/c1-13(11-19(24)21-12-14-6-2-3-7-15(14)20)10-18-22-16-8-4-5-9-17(16)27(25,26)23-18/h2-9,13H,10-12H2,1H3,(H,21,24)(H,22,23)/t13-/m0/s1. The van der Waals surface area contributed by atoms with Gasteiger partial charge in [0.1, 0.15) is 10.7 Å². The summed E-state index contributed by atoms with van der Waals surface area (Å²) >= 11 is 6.08. The van der Waals surface area contributed by atoms with Gasteiger partial charge >= 0.3 is 0 Å². The molecule has 2 aromatic carbocycles. The molecular weight excluding hydrogens is 386 g/mol. The molecule has 1 atom stereocenters. The number of anilines is 1. The first-order chi connectivity index (χ1) is 12.8. The summed E-state index contributed by atoms with van der Waals surface area (Å²) in [5.74, 6) is 0.144. The molecule has 0 aromatic heterocycles. The van der Waals surface area contributed by atoms with Crippen LogP contribution in [0.15, 0.2) is 57.8 Å². The topological polar surface area (TPSA) is 87.6 Å². The van der Waals surface area contributed by atoms with Crippen molar-refractivity contribution in [2.75, 3.05) is 5.32 Å². The highest BCUT2D eigenvalue weighted by Gasteiger charge is 2.25. The van der Waals surface area contributed by atoms with Crippen LogP contribution in [0, 0.1) is 5.92 Å². The van der Waals surface area contributed by atoms with Gasteiger partial charge < -0.3 is 10.6 Å². The first-order valence-electron chi connectivity index (χ1n) is 8.55. The number of hydrogen-bond donors (Lipinski definition) is 2. The molecule has 6 nitrogen and oxygen atoms in total. The first kappa shape index (κ1) is 19.4. The molecule has 0 saturated heterocycles. The number of rotatable bonds is 6. The minimum Gasteiger partial charge on any atom is -0.352 e. The summed E-state index contributed by atoms with van der Waals surface area (Å²) < 4.78 is 28.4. The summed E-state index contributed by atoms with van der Waals surface area (Å²) in [6, 6.07) is 14.0. The van der Waals surface area contributed by atoms with Gasteiger partial charge in [0.2, 0.25) is 5.91 Å². The van der Waals surface area contributed by atoms with Gasteiger partial charge in [-0.05, 0) is 29.7 Å². The maximum atomic E-state index is 12.3. The van der Waals surface area contributed by atoms with Gasteiger partial charge in [-0.2, -0.15) is 8.42 Å². The van der Waals surface area contributed by atoms with E-state index in [4.69, 9.17) is 11.6 Å². The normalized spacial score (nSPS) is 15.9. The molecule has 0 bridgehead atoms. The van der Waals surface area contributed by atoms with Crippen LogP contribution in [0.2, 0.25) is 5.02 Å².